The van der Waals surface area contributed by atoms with Crippen molar-refractivity contribution in [3.63, 3.8) is 0 Å². The lowest BCUT2D eigenvalue weighted by molar-refractivity contribution is 0.0186. The Kier molecular flexibility index (Phi) is 4.57. The van der Waals surface area contributed by atoms with Gasteiger partial charge in [0.15, 0.2) is 0 Å². The molecular formula is C15H15N3O3S. The maximum Gasteiger partial charge on any atom is 0.277 e. The van der Waals surface area contributed by atoms with Crippen LogP contribution in [0.4, 0.5) is 0 Å². The second kappa shape index (κ2) is 6.78. The molecule has 0 saturated carbocycles. The van der Waals surface area contributed by atoms with Crippen LogP contribution in [0.5, 0.6) is 0 Å². The van der Waals surface area contributed by atoms with Gasteiger partial charge in [0.25, 0.3) is 5.56 Å². The largest absolute Gasteiger partial charge is 0.389 e. The lowest BCUT2D eigenvalue weighted by Crippen LogP contribution is -2.31. The molecule has 0 bridgehead atoms. The van der Waals surface area contributed by atoms with E-state index in [4.69, 9.17) is 4.74 Å². The highest BCUT2D eigenvalue weighted by molar-refractivity contribution is 7.09. The molecule has 1 unspecified atom stereocenters. The van der Waals surface area contributed by atoms with Gasteiger partial charge in [0.1, 0.15) is 5.52 Å². The monoisotopic (exact) mass is 317 g/mol. The van der Waals surface area contributed by atoms with Gasteiger partial charge in [-0.15, -0.1) is 16.4 Å². The number of fused-ring (bicyclic) bond motifs is 1. The Morgan fingerprint density at radius 1 is 1.27 bits per heavy atom. The molecule has 7 heteroatoms. The summed E-state index contributed by atoms with van der Waals surface area (Å²) in [5, 5.41) is 20.3. The molecule has 2 heterocycles. The number of aromatic nitrogens is 3. The summed E-state index contributed by atoms with van der Waals surface area (Å²) in [6.45, 7) is 0.646. The van der Waals surface area contributed by atoms with Gasteiger partial charge < -0.3 is 9.84 Å². The minimum absolute atomic E-state index is 0.0567. The van der Waals surface area contributed by atoms with E-state index in [1.807, 2.05) is 17.5 Å². The van der Waals surface area contributed by atoms with E-state index >= 15 is 0 Å². The molecule has 0 amide bonds. The topological polar surface area (TPSA) is 77.2 Å². The molecule has 0 fully saturated rings. The number of aliphatic hydroxyl groups is 1. The van der Waals surface area contributed by atoms with Crippen molar-refractivity contribution in [2.24, 2.45) is 0 Å². The summed E-state index contributed by atoms with van der Waals surface area (Å²) in [5.74, 6) is 0. The van der Waals surface area contributed by atoms with Crippen molar-refractivity contribution in [2.45, 2.75) is 19.3 Å². The molecule has 1 aromatic carbocycles. The number of benzene rings is 1. The first-order chi connectivity index (χ1) is 10.7. The minimum atomic E-state index is -0.812. The summed E-state index contributed by atoms with van der Waals surface area (Å²) in [7, 11) is 0. The van der Waals surface area contributed by atoms with Crippen LogP contribution in [0, 0.1) is 0 Å². The average Bonchev–Trinajstić information content (AvgIpc) is 3.04. The first-order valence-corrected chi connectivity index (χ1v) is 7.73. The number of hydrogen-bond acceptors (Lipinski definition) is 6. The lowest BCUT2D eigenvalue weighted by Gasteiger charge is -2.11. The van der Waals surface area contributed by atoms with Crippen molar-refractivity contribution in [1.29, 1.82) is 0 Å². The predicted octanol–water partition coefficient (Wildman–Crippen LogP) is 1.43. The van der Waals surface area contributed by atoms with Crippen LogP contribution >= 0.6 is 11.3 Å². The van der Waals surface area contributed by atoms with Crippen LogP contribution in [0.2, 0.25) is 0 Å². The lowest BCUT2D eigenvalue weighted by atomic mass is 10.2. The Morgan fingerprint density at radius 2 is 2.14 bits per heavy atom. The van der Waals surface area contributed by atoms with Gasteiger partial charge in [-0.1, -0.05) is 23.4 Å². The van der Waals surface area contributed by atoms with Gasteiger partial charge in [-0.2, -0.15) is 0 Å². The van der Waals surface area contributed by atoms with Gasteiger partial charge in [0, 0.05) is 4.88 Å². The fraction of sp³-hybridized carbons (Fsp3) is 0.267. The molecule has 0 spiro atoms. The summed E-state index contributed by atoms with van der Waals surface area (Å²) in [6.07, 6.45) is -0.812. The number of hydrogen-bond donors (Lipinski definition) is 1. The van der Waals surface area contributed by atoms with Crippen molar-refractivity contribution >= 4 is 22.2 Å². The molecule has 0 radical (unpaired) electrons. The number of rotatable bonds is 6. The molecule has 1 N–H and O–H groups in total. The molecular weight excluding hydrogens is 302 g/mol. The number of nitrogens with zero attached hydrogens (tertiary/aromatic N) is 3. The summed E-state index contributed by atoms with van der Waals surface area (Å²) >= 11 is 1.60. The molecule has 3 aromatic rings. The second-order valence-electron chi connectivity index (χ2n) is 4.84. The van der Waals surface area contributed by atoms with E-state index in [2.05, 4.69) is 10.3 Å². The van der Waals surface area contributed by atoms with E-state index in [0.717, 1.165) is 4.88 Å². The molecule has 22 heavy (non-hydrogen) atoms. The molecule has 1 atom stereocenters. The predicted molar refractivity (Wildman–Crippen MR) is 83.8 cm³/mol. The summed E-state index contributed by atoms with van der Waals surface area (Å²) in [4.78, 5) is 13.3. The van der Waals surface area contributed by atoms with E-state index in [1.165, 1.54) is 4.68 Å². The van der Waals surface area contributed by atoms with Gasteiger partial charge >= 0.3 is 0 Å². The van der Waals surface area contributed by atoms with E-state index < -0.39 is 6.10 Å². The third kappa shape index (κ3) is 3.38. The van der Waals surface area contributed by atoms with Gasteiger partial charge in [0.2, 0.25) is 0 Å². The van der Waals surface area contributed by atoms with E-state index in [-0.39, 0.29) is 18.7 Å². The van der Waals surface area contributed by atoms with Crippen LogP contribution < -0.4 is 5.56 Å². The molecule has 0 aliphatic carbocycles. The number of ether oxygens (including phenoxy) is 1. The van der Waals surface area contributed by atoms with Crippen LogP contribution in [0.25, 0.3) is 10.9 Å². The smallest absolute Gasteiger partial charge is 0.277 e. The van der Waals surface area contributed by atoms with Gasteiger partial charge in [-0.05, 0) is 23.6 Å². The van der Waals surface area contributed by atoms with Gasteiger partial charge in [-0.25, -0.2) is 4.68 Å². The van der Waals surface area contributed by atoms with Crippen LogP contribution in [0.1, 0.15) is 4.88 Å². The second-order valence-corrected chi connectivity index (χ2v) is 5.87. The SMILES string of the molecule is O=c1c2ccccc2nnn1CC(O)COCc1cccs1. The zero-order valence-corrected chi connectivity index (χ0v) is 12.6. The summed E-state index contributed by atoms with van der Waals surface area (Å²) < 4.78 is 6.60. The maximum atomic E-state index is 12.2. The first kappa shape index (κ1) is 14.8. The molecule has 0 aliphatic rings. The Hall–Kier alpha value is -2.09. The molecule has 0 saturated heterocycles. The van der Waals surface area contributed by atoms with Crippen LogP contribution in [-0.4, -0.2) is 32.8 Å². The van der Waals surface area contributed by atoms with Crippen molar-refractivity contribution in [2.75, 3.05) is 6.61 Å². The molecule has 0 aliphatic heterocycles. The Bertz CT molecular complexity index is 801. The standard InChI is InChI=1S/C15H15N3O3S/c19-11(9-21-10-12-4-3-7-22-12)8-18-15(20)13-5-1-2-6-14(13)16-17-18/h1-7,11,19H,8-10H2. The maximum absolute atomic E-state index is 12.2. The minimum Gasteiger partial charge on any atom is -0.389 e. The number of thiophene rings is 1. The molecule has 2 aromatic heterocycles. The Labute approximate surface area is 130 Å². The van der Waals surface area contributed by atoms with Crippen molar-refractivity contribution in [3.8, 4) is 0 Å². The van der Waals surface area contributed by atoms with E-state index in [9.17, 15) is 9.90 Å². The van der Waals surface area contributed by atoms with Gasteiger partial charge in [0.05, 0.1) is 31.2 Å². The fourth-order valence-electron chi connectivity index (χ4n) is 2.09. The van der Waals surface area contributed by atoms with Crippen molar-refractivity contribution in [1.82, 2.24) is 15.0 Å². The average molecular weight is 317 g/mol. The van der Waals surface area contributed by atoms with Crippen LogP contribution in [0.3, 0.4) is 0 Å². The first-order valence-electron chi connectivity index (χ1n) is 6.85. The third-order valence-electron chi connectivity index (χ3n) is 3.15. The zero-order chi connectivity index (χ0) is 15.4. The van der Waals surface area contributed by atoms with Crippen LogP contribution in [0.15, 0.2) is 46.6 Å². The highest BCUT2D eigenvalue weighted by Crippen LogP contribution is 2.09. The third-order valence-corrected chi connectivity index (χ3v) is 4.00. The molecule has 6 nitrogen and oxygen atoms in total. The van der Waals surface area contributed by atoms with E-state index in [0.29, 0.717) is 17.5 Å². The van der Waals surface area contributed by atoms with Gasteiger partial charge in [-0.3, -0.25) is 4.79 Å². The normalized spacial score (nSPS) is 12.6. The van der Waals surface area contributed by atoms with Crippen molar-refractivity contribution in [3.05, 3.63) is 57.0 Å². The quantitative estimate of drug-likeness (QED) is 0.744. The highest BCUT2D eigenvalue weighted by atomic mass is 32.1. The Balaban J connectivity index is 1.62. The molecule has 114 valence electrons. The highest BCUT2D eigenvalue weighted by Gasteiger charge is 2.10. The van der Waals surface area contributed by atoms with Crippen molar-refractivity contribution < 1.29 is 9.84 Å². The number of aliphatic hydroxyl groups excluding tert-OH is 1. The Morgan fingerprint density at radius 3 is 2.95 bits per heavy atom. The fourth-order valence-corrected chi connectivity index (χ4v) is 2.73. The zero-order valence-electron chi connectivity index (χ0n) is 11.8. The molecule has 3 rings (SSSR count). The van der Waals surface area contributed by atoms with E-state index in [1.54, 1.807) is 35.6 Å². The summed E-state index contributed by atoms with van der Waals surface area (Å²) in [6, 6.07) is 10.9. The summed E-state index contributed by atoms with van der Waals surface area (Å²) in [5.41, 5.74) is 0.287. The van der Waals surface area contributed by atoms with Crippen LogP contribution in [-0.2, 0) is 17.9 Å².